The van der Waals surface area contributed by atoms with E-state index in [1.165, 1.54) is 25.7 Å². The summed E-state index contributed by atoms with van der Waals surface area (Å²) in [6, 6.07) is 11.9. The Morgan fingerprint density at radius 1 is 1.05 bits per heavy atom. The lowest BCUT2D eigenvalue weighted by Crippen LogP contribution is -2.40. The monoisotopic (exact) mass is 517 g/mol. The van der Waals surface area contributed by atoms with Gasteiger partial charge in [0, 0.05) is 24.6 Å². The summed E-state index contributed by atoms with van der Waals surface area (Å²) < 4.78 is 0. The number of anilines is 1. The van der Waals surface area contributed by atoms with Gasteiger partial charge in [-0.2, -0.15) is 10.4 Å². The Morgan fingerprint density at radius 3 is 2.57 bits per heavy atom. The third-order valence-corrected chi connectivity index (χ3v) is 8.94. The quantitative estimate of drug-likeness (QED) is 0.622. The molecule has 0 radical (unpaired) electrons. The smallest absolute Gasteiger partial charge is 0.272 e. The van der Waals surface area contributed by atoms with Crippen molar-refractivity contribution in [3.63, 3.8) is 0 Å². The van der Waals surface area contributed by atoms with Crippen LogP contribution in [0.5, 0.6) is 0 Å². The number of benzene rings is 1. The number of pyridine rings is 1. The number of fused-ring (bicyclic) bond motifs is 3. The number of aryl methyl sites for hydroxylation is 1. The van der Waals surface area contributed by atoms with E-state index in [9.17, 15) is 15.2 Å². The third kappa shape index (κ3) is 4.51. The van der Waals surface area contributed by atoms with Crippen LogP contribution in [0.25, 0.3) is 0 Å². The van der Waals surface area contributed by atoms with Crippen LogP contribution in [0, 0.1) is 23.2 Å². The van der Waals surface area contributed by atoms with Gasteiger partial charge in [-0.25, -0.2) is 4.98 Å². The predicted octanol–water partition coefficient (Wildman–Crippen LogP) is 4.94. The number of likely N-dealkylation sites (tertiary alicyclic amines) is 1. The summed E-state index contributed by atoms with van der Waals surface area (Å²) in [7, 11) is 0. The van der Waals surface area contributed by atoms with E-state index in [0.29, 0.717) is 54.0 Å². The fraction of sp³-hybridized carbons (Fsp3) is 0.517. The number of hydrazone groups is 1. The van der Waals surface area contributed by atoms with Gasteiger partial charge in [0.15, 0.2) is 0 Å². The van der Waals surface area contributed by atoms with Crippen molar-refractivity contribution in [2.45, 2.75) is 69.9 Å². The molecule has 1 aromatic carbocycles. The zero-order valence-electron chi connectivity index (χ0n) is 20.9. The van der Waals surface area contributed by atoms with E-state index in [4.69, 9.17) is 21.7 Å². The fourth-order valence-corrected chi connectivity index (χ4v) is 6.93. The van der Waals surface area contributed by atoms with Crippen molar-refractivity contribution in [1.82, 2.24) is 9.88 Å². The average Bonchev–Trinajstić information content (AvgIpc) is 3.53. The lowest BCUT2D eigenvalue weighted by atomic mass is 9.81. The second-order valence-corrected chi connectivity index (χ2v) is 11.3. The summed E-state index contributed by atoms with van der Waals surface area (Å²) in [5.41, 5.74) is 4.95. The molecule has 37 heavy (non-hydrogen) atoms. The van der Waals surface area contributed by atoms with Gasteiger partial charge in [-0.15, -0.1) is 0 Å². The van der Waals surface area contributed by atoms with Crippen LogP contribution in [-0.4, -0.2) is 51.8 Å². The molecule has 2 aliphatic heterocycles. The molecule has 2 fully saturated rings. The van der Waals surface area contributed by atoms with Crippen molar-refractivity contribution in [3.05, 3.63) is 57.9 Å². The number of amides is 1. The zero-order chi connectivity index (χ0) is 25.5. The second-order valence-electron chi connectivity index (χ2n) is 10.9. The fourth-order valence-electron chi connectivity index (χ4n) is 6.71. The van der Waals surface area contributed by atoms with Crippen molar-refractivity contribution < 1.29 is 9.90 Å². The third-order valence-electron chi connectivity index (χ3n) is 8.63. The first-order chi connectivity index (χ1) is 18.0. The van der Waals surface area contributed by atoms with Gasteiger partial charge < -0.3 is 10.0 Å². The Bertz CT molecular complexity index is 1270. The minimum atomic E-state index is -0.317. The summed E-state index contributed by atoms with van der Waals surface area (Å²) in [6.45, 7) is 1.14. The predicted molar refractivity (Wildman–Crippen MR) is 143 cm³/mol. The number of aliphatic hydroxyl groups is 1. The Balaban J connectivity index is 1.36. The maximum atomic E-state index is 13.2. The minimum Gasteiger partial charge on any atom is -0.393 e. The van der Waals surface area contributed by atoms with Gasteiger partial charge in [-0.05, 0) is 81.2 Å². The molecule has 8 heteroatoms. The standard InChI is InChI=1S/C29H32ClN5O2/c30-24-16-20(9-8-19(24)17-31)35-28(18-4-1-2-5-18)23-6-3-7-25-22(27(23)33-35)10-11-26(32-25)29(37)34-14-12-21(36)13-15-34/h8-11,16,18,21,23,28,36H,1-7,12-15H2/t23-,28-/m0/s1. The van der Waals surface area contributed by atoms with Gasteiger partial charge >= 0.3 is 0 Å². The number of nitrogens with zero attached hydrogens (tertiary/aromatic N) is 5. The number of piperidine rings is 1. The molecule has 0 bridgehead atoms. The van der Waals surface area contributed by atoms with Crippen molar-refractivity contribution in [2.24, 2.45) is 16.9 Å². The molecule has 1 aromatic heterocycles. The summed E-state index contributed by atoms with van der Waals surface area (Å²) in [4.78, 5) is 19.8. The molecule has 1 amide bonds. The zero-order valence-corrected chi connectivity index (χ0v) is 21.7. The Hall–Kier alpha value is -2.95. The van der Waals surface area contributed by atoms with Crippen LogP contribution in [-0.2, 0) is 6.42 Å². The van der Waals surface area contributed by atoms with Crippen molar-refractivity contribution >= 4 is 28.9 Å². The maximum Gasteiger partial charge on any atom is 0.272 e. The highest BCUT2D eigenvalue weighted by Gasteiger charge is 2.45. The topological polar surface area (TPSA) is 92.8 Å². The molecule has 2 atom stereocenters. The largest absolute Gasteiger partial charge is 0.393 e. The molecule has 192 valence electrons. The number of aliphatic hydroxyl groups excluding tert-OH is 1. The molecule has 3 heterocycles. The van der Waals surface area contributed by atoms with Crippen molar-refractivity contribution in [3.8, 4) is 6.07 Å². The van der Waals surface area contributed by atoms with E-state index in [2.05, 4.69) is 11.1 Å². The second kappa shape index (κ2) is 10.1. The number of hydrogen-bond donors (Lipinski definition) is 1. The van der Waals surface area contributed by atoms with Gasteiger partial charge in [-0.1, -0.05) is 24.4 Å². The first kappa shape index (κ1) is 24.4. The summed E-state index contributed by atoms with van der Waals surface area (Å²) >= 11 is 6.44. The average molecular weight is 518 g/mol. The molecule has 2 aliphatic carbocycles. The Kier molecular flexibility index (Phi) is 6.64. The highest BCUT2D eigenvalue weighted by molar-refractivity contribution is 6.32. The molecule has 6 rings (SSSR count). The summed E-state index contributed by atoms with van der Waals surface area (Å²) in [5.74, 6) is 0.803. The Morgan fingerprint density at radius 2 is 1.84 bits per heavy atom. The van der Waals surface area contributed by atoms with Crippen LogP contribution < -0.4 is 5.01 Å². The molecular formula is C29H32ClN5O2. The Labute approximate surface area is 222 Å². The summed E-state index contributed by atoms with van der Waals surface area (Å²) in [6.07, 6.45) is 8.70. The van der Waals surface area contributed by atoms with E-state index in [0.717, 1.165) is 41.9 Å². The number of carbonyl (C=O) groups is 1. The van der Waals surface area contributed by atoms with Crippen molar-refractivity contribution in [1.29, 1.82) is 5.26 Å². The molecule has 0 unspecified atom stereocenters. The lowest BCUT2D eigenvalue weighted by molar-refractivity contribution is 0.0541. The molecule has 0 spiro atoms. The molecule has 1 saturated carbocycles. The van der Waals surface area contributed by atoms with Crippen LogP contribution in [0.2, 0.25) is 5.02 Å². The van der Waals surface area contributed by atoms with Gasteiger partial charge in [0.05, 0.1) is 39.8 Å². The number of carbonyl (C=O) groups excluding carboxylic acids is 1. The molecule has 4 aliphatic rings. The number of nitriles is 1. The lowest BCUT2D eigenvalue weighted by Gasteiger charge is -2.33. The van der Waals surface area contributed by atoms with E-state index in [1.54, 1.807) is 11.0 Å². The highest BCUT2D eigenvalue weighted by Crippen LogP contribution is 2.44. The van der Waals surface area contributed by atoms with Gasteiger partial charge in [0.25, 0.3) is 5.91 Å². The molecule has 1 N–H and O–H groups in total. The summed E-state index contributed by atoms with van der Waals surface area (Å²) in [5, 5.41) is 27.0. The SMILES string of the molecule is N#Cc1ccc(N2N=C3c4ccc(C(=O)N5CCC(O)CC5)nc4CCC[C@@H]3[C@@H]2C2CCCC2)cc1Cl. The first-order valence-corrected chi connectivity index (χ1v) is 14.0. The van der Waals surface area contributed by atoms with Gasteiger partial charge in [-0.3, -0.25) is 9.80 Å². The minimum absolute atomic E-state index is 0.0541. The van der Waals surface area contributed by atoms with Crippen LogP contribution in [0.4, 0.5) is 5.69 Å². The van der Waals surface area contributed by atoms with E-state index in [-0.39, 0.29) is 18.1 Å². The molecule has 2 aromatic rings. The van der Waals surface area contributed by atoms with Crippen LogP contribution in [0.3, 0.4) is 0 Å². The molecular weight excluding hydrogens is 486 g/mol. The van der Waals surface area contributed by atoms with Crippen LogP contribution in [0.15, 0.2) is 35.4 Å². The maximum absolute atomic E-state index is 13.2. The number of aromatic nitrogens is 1. The van der Waals surface area contributed by atoms with Crippen LogP contribution in [0.1, 0.15) is 78.7 Å². The van der Waals surface area contributed by atoms with E-state index < -0.39 is 0 Å². The highest BCUT2D eigenvalue weighted by atomic mass is 35.5. The van der Waals surface area contributed by atoms with E-state index in [1.807, 2.05) is 24.3 Å². The number of halogens is 1. The first-order valence-electron chi connectivity index (χ1n) is 13.6. The molecule has 7 nitrogen and oxygen atoms in total. The van der Waals surface area contributed by atoms with E-state index >= 15 is 0 Å². The van der Waals surface area contributed by atoms with Crippen molar-refractivity contribution in [2.75, 3.05) is 18.1 Å². The van der Waals surface area contributed by atoms with Gasteiger partial charge in [0.2, 0.25) is 0 Å². The molecule has 1 saturated heterocycles. The number of rotatable bonds is 3. The normalized spacial score (nSPS) is 24.3. The van der Waals surface area contributed by atoms with Gasteiger partial charge in [0.1, 0.15) is 11.8 Å². The van der Waals surface area contributed by atoms with Crippen LogP contribution >= 0.6 is 11.6 Å². The number of hydrogen-bond acceptors (Lipinski definition) is 6.